The van der Waals surface area contributed by atoms with Crippen LogP contribution in [0.15, 0.2) is 45.7 Å². The van der Waals surface area contributed by atoms with Crippen LogP contribution in [0, 0.1) is 5.92 Å². The van der Waals surface area contributed by atoms with E-state index in [0.29, 0.717) is 23.9 Å². The highest BCUT2D eigenvalue weighted by atomic mass is 32.2. The van der Waals surface area contributed by atoms with Crippen molar-refractivity contribution < 1.29 is 17.6 Å². The Morgan fingerprint density at radius 3 is 2.58 bits per heavy atom. The van der Waals surface area contributed by atoms with Gasteiger partial charge in [0, 0.05) is 23.8 Å². The van der Waals surface area contributed by atoms with Crippen LogP contribution in [0.4, 0.5) is 0 Å². The van der Waals surface area contributed by atoms with Gasteiger partial charge in [-0.2, -0.15) is 0 Å². The molecule has 1 aromatic heterocycles. The highest BCUT2D eigenvalue weighted by Crippen LogP contribution is 2.47. The van der Waals surface area contributed by atoms with Crippen molar-refractivity contribution in [3.8, 4) is 0 Å². The molecule has 6 heteroatoms. The van der Waals surface area contributed by atoms with Gasteiger partial charge in [-0.25, -0.2) is 8.42 Å². The largest absolute Gasteiger partial charge is 0.464 e. The van der Waals surface area contributed by atoms with Gasteiger partial charge >= 0.3 is 0 Å². The van der Waals surface area contributed by atoms with Gasteiger partial charge in [0.1, 0.15) is 11.5 Å². The molecule has 2 fully saturated rings. The third-order valence-corrected chi connectivity index (χ3v) is 6.35. The van der Waals surface area contributed by atoms with Gasteiger partial charge in [0.15, 0.2) is 9.84 Å². The van der Waals surface area contributed by atoms with Gasteiger partial charge in [0.25, 0.3) is 5.91 Å². The SMILES string of the molecule is CC1CC1c1ccc(CN(C(=O)c2cccc(S(C)(=O)=O)c2)C2CC2)o1. The first-order valence-corrected chi connectivity index (χ1v) is 10.9. The molecule has 2 unspecified atom stereocenters. The predicted molar refractivity (Wildman–Crippen MR) is 97.7 cm³/mol. The molecular weight excluding hydrogens is 350 g/mol. The first-order chi connectivity index (χ1) is 12.3. The van der Waals surface area contributed by atoms with Gasteiger partial charge in [-0.3, -0.25) is 4.79 Å². The molecule has 1 heterocycles. The Morgan fingerprint density at radius 1 is 1.23 bits per heavy atom. The van der Waals surface area contributed by atoms with Crippen molar-refractivity contribution >= 4 is 15.7 Å². The minimum Gasteiger partial charge on any atom is -0.464 e. The van der Waals surface area contributed by atoms with Gasteiger partial charge in [-0.15, -0.1) is 0 Å². The minimum atomic E-state index is -3.34. The lowest BCUT2D eigenvalue weighted by molar-refractivity contribution is 0.0716. The summed E-state index contributed by atoms with van der Waals surface area (Å²) in [6.45, 7) is 2.63. The van der Waals surface area contributed by atoms with Gasteiger partial charge < -0.3 is 9.32 Å². The summed E-state index contributed by atoms with van der Waals surface area (Å²) in [5, 5.41) is 0. The molecule has 5 nitrogen and oxygen atoms in total. The van der Waals surface area contributed by atoms with Crippen molar-refractivity contribution in [1.82, 2.24) is 4.90 Å². The average molecular weight is 373 g/mol. The summed E-state index contributed by atoms with van der Waals surface area (Å²) in [7, 11) is -3.34. The van der Waals surface area contributed by atoms with Crippen LogP contribution in [-0.4, -0.2) is 31.5 Å². The first kappa shape index (κ1) is 17.3. The quantitative estimate of drug-likeness (QED) is 0.776. The van der Waals surface area contributed by atoms with Crippen LogP contribution < -0.4 is 0 Å². The average Bonchev–Trinajstić information content (AvgIpc) is 3.52. The molecule has 2 aliphatic rings. The van der Waals surface area contributed by atoms with Crippen molar-refractivity contribution in [2.75, 3.05) is 6.26 Å². The fourth-order valence-electron chi connectivity index (χ4n) is 3.34. The number of amides is 1. The van der Waals surface area contributed by atoms with Crippen molar-refractivity contribution in [3.63, 3.8) is 0 Å². The Labute approximate surface area is 153 Å². The Hall–Kier alpha value is -2.08. The zero-order valence-corrected chi connectivity index (χ0v) is 15.8. The number of hydrogen-bond acceptors (Lipinski definition) is 4. The van der Waals surface area contributed by atoms with Crippen LogP contribution in [0.5, 0.6) is 0 Å². The Kier molecular flexibility index (Phi) is 4.18. The third-order valence-electron chi connectivity index (χ3n) is 5.24. The maximum absolute atomic E-state index is 13.0. The zero-order chi connectivity index (χ0) is 18.5. The van der Waals surface area contributed by atoms with Crippen LogP contribution in [-0.2, 0) is 16.4 Å². The van der Waals surface area contributed by atoms with Crippen molar-refractivity contribution in [3.05, 3.63) is 53.5 Å². The van der Waals surface area contributed by atoms with E-state index in [-0.39, 0.29) is 16.8 Å². The first-order valence-electron chi connectivity index (χ1n) is 9.02. The summed E-state index contributed by atoms with van der Waals surface area (Å²) < 4.78 is 29.5. The fraction of sp³-hybridized carbons (Fsp3) is 0.450. The number of rotatable bonds is 6. The van der Waals surface area contributed by atoms with Crippen LogP contribution in [0.3, 0.4) is 0 Å². The monoisotopic (exact) mass is 373 g/mol. The highest BCUT2D eigenvalue weighted by Gasteiger charge is 2.37. The van der Waals surface area contributed by atoms with Crippen LogP contribution in [0.1, 0.15) is 54.0 Å². The number of benzene rings is 1. The lowest BCUT2D eigenvalue weighted by Gasteiger charge is -2.21. The van der Waals surface area contributed by atoms with E-state index in [0.717, 1.165) is 37.0 Å². The molecule has 2 aromatic rings. The van der Waals surface area contributed by atoms with E-state index in [2.05, 4.69) is 6.92 Å². The van der Waals surface area contributed by atoms with E-state index >= 15 is 0 Å². The molecule has 2 aliphatic carbocycles. The normalized spacial score (nSPS) is 22.2. The summed E-state index contributed by atoms with van der Waals surface area (Å²) in [4.78, 5) is 15.0. The number of sulfone groups is 1. The Bertz CT molecular complexity index is 942. The predicted octanol–water partition coefficient (Wildman–Crippen LogP) is 3.61. The lowest BCUT2D eigenvalue weighted by Crippen LogP contribution is -2.32. The van der Waals surface area contributed by atoms with Gasteiger partial charge in [-0.05, 0) is 55.5 Å². The highest BCUT2D eigenvalue weighted by molar-refractivity contribution is 7.90. The molecule has 1 aromatic carbocycles. The second-order valence-corrected chi connectivity index (χ2v) is 9.60. The van der Waals surface area contributed by atoms with Gasteiger partial charge in [0.2, 0.25) is 0 Å². The summed E-state index contributed by atoms with van der Waals surface area (Å²) in [6.07, 6.45) is 4.27. The standard InChI is InChI=1S/C20H23NO4S/c1-13-10-18(13)19-9-8-16(25-19)12-21(15-6-7-15)20(22)14-4-3-5-17(11-14)26(2,23)24/h3-5,8-9,11,13,15,18H,6-7,10,12H2,1-2H3. The number of carbonyl (C=O) groups is 1. The van der Waals surface area contributed by atoms with E-state index in [1.54, 1.807) is 17.0 Å². The number of furan rings is 1. The molecule has 4 rings (SSSR count). The molecule has 2 saturated carbocycles. The summed E-state index contributed by atoms with van der Waals surface area (Å²) in [5.41, 5.74) is 0.405. The lowest BCUT2D eigenvalue weighted by atomic mass is 10.2. The van der Waals surface area contributed by atoms with Crippen LogP contribution in [0.2, 0.25) is 0 Å². The van der Waals surface area contributed by atoms with E-state index in [4.69, 9.17) is 4.42 Å². The number of nitrogens with zero attached hydrogens (tertiary/aromatic N) is 1. The number of carbonyl (C=O) groups excluding carboxylic acids is 1. The third kappa shape index (κ3) is 3.56. The van der Waals surface area contributed by atoms with E-state index in [1.807, 2.05) is 12.1 Å². The molecule has 138 valence electrons. The molecule has 0 saturated heterocycles. The fourth-order valence-corrected chi connectivity index (χ4v) is 4.01. The van der Waals surface area contributed by atoms with Crippen molar-refractivity contribution in [1.29, 1.82) is 0 Å². The van der Waals surface area contributed by atoms with E-state index < -0.39 is 9.84 Å². The molecule has 0 spiro atoms. The summed E-state index contributed by atoms with van der Waals surface area (Å²) in [6, 6.07) is 10.5. The Morgan fingerprint density at radius 2 is 1.96 bits per heavy atom. The zero-order valence-electron chi connectivity index (χ0n) is 15.0. The molecule has 0 bridgehead atoms. The van der Waals surface area contributed by atoms with Crippen molar-refractivity contribution in [2.45, 2.75) is 49.6 Å². The van der Waals surface area contributed by atoms with E-state index in [9.17, 15) is 13.2 Å². The summed E-state index contributed by atoms with van der Waals surface area (Å²) in [5.74, 6) is 2.85. The molecule has 1 amide bonds. The van der Waals surface area contributed by atoms with Crippen LogP contribution >= 0.6 is 0 Å². The molecular formula is C20H23NO4S. The maximum Gasteiger partial charge on any atom is 0.254 e. The van der Waals surface area contributed by atoms with Gasteiger partial charge in [-0.1, -0.05) is 13.0 Å². The molecule has 0 radical (unpaired) electrons. The topological polar surface area (TPSA) is 67.6 Å². The number of hydrogen-bond donors (Lipinski definition) is 0. The second kappa shape index (κ2) is 6.27. The second-order valence-electron chi connectivity index (χ2n) is 7.59. The molecule has 26 heavy (non-hydrogen) atoms. The Balaban J connectivity index is 1.55. The molecule has 0 N–H and O–H groups in total. The van der Waals surface area contributed by atoms with Gasteiger partial charge in [0.05, 0.1) is 11.4 Å². The molecule has 2 atom stereocenters. The van der Waals surface area contributed by atoms with Crippen LogP contribution in [0.25, 0.3) is 0 Å². The summed E-state index contributed by atoms with van der Waals surface area (Å²) >= 11 is 0. The molecule has 0 aliphatic heterocycles. The van der Waals surface area contributed by atoms with Crippen molar-refractivity contribution in [2.24, 2.45) is 5.92 Å². The smallest absolute Gasteiger partial charge is 0.254 e. The minimum absolute atomic E-state index is 0.143. The maximum atomic E-state index is 13.0. The van der Waals surface area contributed by atoms with E-state index in [1.165, 1.54) is 12.1 Å².